The van der Waals surface area contributed by atoms with Gasteiger partial charge in [-0.05, 0) is 50.0 Å². The van der Waals surface area contributed by atoms with Gasteiger partial charge in [0.05, 0.1) is 6.61 Å². The topological polar surface area (TPSA) is 58.6 Å². The zero-order valence-electron chi connectivity index (χ0n) is 17.5. The molecule has 2 aromatic rings. The van der Waals surface area contributed by atoms with Crippen molar-refractivity contribution in [3.8, 4) is 5.75 Å². The lowest BCUT2D eigenvalue weighted by Gasteiger charge is -2.32. The molecule has 30 heavy (non-hydrogen) atoms. The minimum Gasteiger partial charge on any atom is -0.494 e. The van der Waals surface area contributed by atoms with Gasteiger partial charge in [0.25, 0.3) is 0 Å². The van der Waals surface area contributed by atoms with Crippen LogP contribution in [0.3, 0.4) is 0 Å². The molecule has 2 aromatic carbocycles. The fourth-order valence-corrected chi connectivity index (χ4v) is 3.46. The molecule has 1 N–H and O–H groups in total. The predicted molar refractivity (Wildman–Crippen MR) is 119 cm³/mol. The SMILES string of the molecule is Cc1ccc(OCCCC(=O)N2CCC(NC(=O)/C=C/c3ccccc3)CC2)cc1. The van der Waals surface area contributed by atoms with E-state index in [-0.39, 0.29) is 17.9 Å². The van der Waals surface area contributed by atoms with Crippen LogP contribution in [0.15, 0.2) is 60.7 Å². The molecule has 0 radical (unpaired) electrons. The van der Waals surface area contributed by atoms with Crippen molar-refractivity contribution in [2.24, 2.45) is 0 Å². The Morgan fingerprint density at radius 3 is 2.47 bits per heavy atom. The first-order valence-electron chi connectivity index (χ1n) is 10.6. The van der Waals surface area contributed by atoms with E-state index in [9.17, 15) is 9.59 Å². The number of hydrogen-bond donors (Lipinski definition) is 1. The van der Waals surface area contributed by atoms with Crippen LogP contribution in [0.2, 0.25) is 0 Å². The normalized spacial score (nSPS) is 14.6. The van der Waals surface area contributed by atoms with Crippen molar-refractivity contribution in [1.29, 1.82) is 0 Å². The number of hydrogen-bond acceptors (Lipinski definition) is 3. The van der Waals surface area contributed by atoms with Gasteiger partial charge in [-0.2, -0.15) is 0 Å². The van der Waals surface area contributed by atoms with Crippen LogP contribution in [0.4, 0.5) is 0 Å². The van der Waals surface area contributed by atoms with Crippen molar-refractivity contribution in [3.05, 3.63) is 71.8 Å². The van der Waals surface area contributed by atoms with E-state index in [0.29, 0.717) is 32.5 Å². The van der Waals surface area contributed by atoms with Crippen LogP contribution in [0, 0.1) is 6.92 Å². The maximum atomic E-state index is 12.4. The molecule has 2 amide bonds. The first kappa shape index (κ1) is 21.6. The van der Waals surface area contributed by atoms with E-state index in [2.05, 4.69) is 5.32 Å². The third-order valence-electron chi connectivity index (χ3n) is 5.25. The molecular weight excluding hydrogens is 376 g/mol. The number of amides is 2. The molecular formula is C25H30N2O3. The molecule has 0 aromatic heterocycles. The van der Waals surface area contributed by atoms with Crippen LogP contribution in [-0.2, 0) is 9.59 Å². The fourth-order valence-electron chi connectivity index (χ4n) is 3.46. The van der Waals surface area contributed by atoms with Gasteiger partial charge in [0, 0.05) is 31.6 Å². The lowest BCUT2D eigenvalue weighted by molar-refractivity contribution is -0.132. The second-order valence-electron chi connectivity index (χ2n) is 7.67. The highest BCUT2D eigenvalue weighted by Crippen LogP contribution is 2.14. The number of carbonyl (C=O) groups excluding carboxylic acids is 2. The minimum atomic E-state index is -0.0862. The summed E-state index contributed by atoms with van der Waals surface area (Å²) in [5.74, 6) is 0.916. The molecule has 0 atom stereocenters. The van der Waals surface area contributed by atoms with Crippen molar-refractivity contribution < 1.29 is 14.3 Å². The number of rotatable bonds is 8. The monoisotopic (exact) mass is 406 g/mol. The zero-order valence-corrected chi connectivity index (χ0v) is 17.5. The summed E-state index contributed by atoms with van der Waals surface area (Å²) in [4.78, 5) is 26.4. The van der Waals surface area contributed by atoms with Gasteiger partial charge in [0.15, 0.2) is 0 Å². The van der Waals surface area contributed by atoms with E-state index < -0.39 is 0 Å². The van der Waals surface area contributed by atoms with Crippen molar-refractivity contribution in [2.75, 3.05) is 19.7 Å². The molecule has 0 unspecified atom stereocenters. The highest BCUT2D eigenvalue weighted by Gasteiger charge is 2.23. The fraction of sp³-hybridized carbons (Fsp3) is 0.360. The number of aryl methyl sites for hydroxylation is 1. The van der Waals surface area contributed by atoms with Crippen LogP contribution < -0.4 is 10.1 Å². The Hall–Kier alpha value is -3.08. The summed E-state index contributed by atoms with van der Waals surface area (Å²) >= 11 is 0. The average molecular weight is 407 g/mol. The standard InChI is InChI=1S/C25H30N2O3/c1-20-9-12-23(13-10-20)30-19-5-8-25(29)27-17-15-22(16-18-27)26-24(28)14-11-21-6-3-2-4-7-21/h2-4,6-7,9-14,22H,5,8,15-19H2,1H3,(H,26,28)/b14-11+. The number of benzene rings is 2. The van der Waals surface area contributed by atoms with Gasteiger partial charge in [0.1, 0.15) is 5.75 Å². The van der Waals surface area contributed by atoms with E-state index in [1.807, 2.05) is 72.5 Å². The van der Waals surface area contributed by atoms with Gasteiger partial charge in [-0.3, -0.25) is 9.59 Å². The number of carbonyl (C=O) groups is 2. The van der Waals surface area contributed by atoms with Gasteiger partial charge in [-0.1, -0.05) is 48.0 Å². The first-order chi connectivity index (χ1) is 14.6. The number of ether oxygens (including phenoxy) is 1. The summed E-state index contributed by atoms with van der Waals surface area (Å²) < 4.78 is 5.69. The Labute approximate surface area is 178 Å². The summed E-state index contributed by atoms with van der Waals surface area (Å²) in [5, 5.41) is 3.04. The molecule has 0 aliphatic carbocycles. The number of likely N-dealkylation sites (tertiary alicyclic amines) is 1. The summed E-state index contributed by atoms with van der Waals surface area (Å²) in [7, 11) is 0. The van der Waals surface area contributed by atoms with Gasteiger partial charge < -0.3 is 15.0 Å². The molecule has 0 saturated carbocycles. The van der Waals surface area contributed by atoms with E-state index >= 15 is 0 Å². The zero-order chi connectivity index (χ0) is 21.2. The Kier molecular flexibility index (Phi) is 8.07. The second kappa shape index (κ2) is 11.2. The molecule has 1 saturated heterocycles. The second-order valence-corrected chi connectivity index (χ2v) is 7.67. The van der Waals surface area contributed by atoms with E-state index in [0.717, 1.165) is 24.2 Å². The largest absolute Gasteiger partial charge is 0.494 e. The van der Waals surface area contributed by atoms with Crippen molar-refractivity contribution in [2.45, 2.75) is 38.6 Å². The quantitative estimate of drug-likeness (QED) is 0.533. The molecule has 5 nitrogen and oxygen atoms in total. The maximum absolute atomic E-state index is 12.4. The summed E-state index contributed by atoms with van der Waals surface area (Å²) in [6.07, 6.45) is 6.15. The van der Waals surface area contributed by atoms with Gasteiger partial charge in [-0.25, -0.2) is 0 Å². The molecule has 1 heterocycles. The molecule has 1 aliphatic rings. The third kappa shape index (κ3) is 7.07. The van der Waals surface area contributed by atoms with Crippen LogP contribution in [0.1, 0.15) is 36.8 Å². The first-order valence-corrected chi connectivity index (χ1v) is 10.6. The van der Waals surface area contributed by atoms with Crippen LogP contribution in [0.5, 0.6) is 5.75 Å². The number of nitrogens with zero attached hydrogens (tertiary/aromatic N) is 1. The van der Waals surface area contributed by atoms with Crippen LogP contribution in [-0.4, -0.2) is 42.5 Å². The number of piperidine rings is 1. The van der Waals surface area contributed by atoms with Gasteiger partial charge >= 0.3 is 0 Å². The van der Waals surface area contributed by atoms with E-state index in [1.165, 1.54) is 5.56 Å². The molecule has 5 heteroatoms. The highest BCUT2D eigenvalue weighted by atomic mass is 16.5. The highest BCUT2D eigenvalue weighted by molar-refractivity contribution is 5.91. The van der Waals surface area contributed by atoms with Crippen LogP contribution >= 0.6 is 0 Å². The van der Waals surface area contributed by atoms with E-state index in [4.69, 9.17) is 4.74 Å². The minimum absolute atomic E-state index is 0.0862. The summed E-state index contributed by atoms with van der Waals surface area (Å²) in [6.45, 7) is 3.95. The van der Waals surface area contributed by atoms with E-state index in [1.54, 1.807) is 6.08 Å². The Morgan fingerprint density at radius 1 is 1.07 bits per heavy atom. The van der Waals surface area contributed by atoms with Crippen molar-refractivity contribution in [1.82, 2.24) is 10.2 Å². The average Bonchev–Trinajstić information content (AvgIpc) is 2.77. The lowest BCUT2D eigenvalue weighted by Crippen LogP contribution is -2.46. The molecule has 0 spiro atoms. The molecule has 1 fully saturated rings. The molecule has 0 bridgehead atoms. The lowest BCUT2D eigenvalue weighted by atomic mass is 10.0. The predicted octanol–water partition coefficient (Wildman–Crippen LogP) is 3.97. The molecule has 158 valence electrons. The summed E-state index contributed by atoms with van der Waals surface area (Å²) in [5.41, 5.74) is 2.20. The van der Waals surface area contributed by atoms with Crippen molar-refractivity contribution >= 4 is 17.9 Å². The van der Waals surface area contributed by atoms with Crippen molar-refractivity contribution in [3.63, 3.8) is 0 Å². The Balaban J connectivity index is 1.31. The Morgan fingerprint density at radius 2 is 1.77 bits per heavy atom. The van der Waals surface area contributed by atoms with Gasteiger partial charge in [0.2, 0.25) is 11.8 Å². The molecule has 3 rings (SSSR count). The van der Waals surface area contributed by atoms with Gasteiger partial charge in [-0.15, -0.1) is 0 Å². The maximum Gasteiger partial charge on any atom is 0.244 e. The van der Waals surface area contributed by atoms with Crippen LogP contribution in [0.25, 0.3) is 6.08 Å². The Bertz CT molecular complexity index is 838. The number of nitrogens with one attached hydrogen (secondary N) is 1. The summed E-state index contributed by atoms with van der Waals surface area (Å²) in [6, 6.07) is 17.8. The third-order valence-corrected chi connectivity index (χ3v) is 5.25. The molecule has 1 aliphatic heterocycles. The smallest absolute Gasteiger partial charge is 0.244 e.